The molecule has 2 heterocycles. The zero-order valence-corrected chi connectivity index (χ0v) is 12.7. The van der Waals surface area contributed by atoms with Crippen molar-refractivity contribution in [1.29, 1.82) is 0 Å². The Kier molecular flexibility index (Phi) is 4.66. The number of nitrogens with two attached hydrogens (primary N) is 1. The first-order valence-corrected chi connectivity index (χ1v) is 8.63. The van der Waals surface area contributed by atoms with Crippen molar-refractivity contribution in [3.63, 3.8) is 0 Å². The molecule has 116 valence electrons. The van der Waals surface area contributed by atoms with Crippen LogP contribution in [0, 0.1) is 0 Å². The molecule has 0 radical (unpaired) electrons. The standard InChI is InChI=1S/C13H19N3O4S/c1-2-20-13(17)10-4-5-15-12(11(10)14)16-6-3-8-21(18,19)9-7-16/h4-5H,2-3,6-9,14H2,1H3. The van der Waals surface area contributed by atoms with Crippen molar-refractivity contribution in [3.8, 4) is 0 Å². The average molecular weight is 313 g/mol. The van der Waals surface area contributed by atoms with Gasteiger partial charge in [-0.15, -0.1) is 0 Å². The van der Waals surface area contributed by atoms with Crippen LogP contribution in [-0.4, -0.2) is 50.6 Å². The number of carbonyl (C=O) groups is 1. The third kappa shape index (κ3) is 3.63. The number of pyridine rings is 1. The van der Waals surface area contributed by atoms with E-state index >= 15 is 0 Å². The zero-order chi connectivity index (χ0) is 15.5. The average Bonchev–Trinajstić information content (AvgIpc) is 2.60. The maximum Gasteiger partial charge on any atom is 0.340 e. The second-order valence-corrected chi connectivity index (χ2v) is 7.11. The zero-order valence-electron chi connectivity index (χ0n) is 11.9. The molecule has 2 N–H and O–H groups in total. The van der Waals surface area contributed by atoms with Gasteiger partial charge in [-0.2, -0.15) is 0 Å². The molecule has 1 aromatic heterocycles. The predicted octanol–water partition coefficient (Wildman–Crippen LogP) is 0.465. The van der Waals surface area contributed by atoms with E-state index in [1.54, 1.807) is 6.92 Å². The molecule has 0 aliphatic carbocycles. The van der Waals surface area contributed by atoms with Gasteiger partial charge in [0, 0.05) is 19.3 Å². The van der Waals surface area contributed by atoms with Crippen molar-refractivity contribution in [2.24, 2.45) is 0 Å². The van der Waals surface area contributed by atoms with Crippen LogP contribution in [-0.2, 0) is 14.6 Å². The van der Waals surface area contributed by atoms with Crippen molar-refractivity contribution in [1.82, 2.24) is 4.98 Å². The lowest BCUT2D eigenvalue weighted by Gasteiger charge is -2.23. The highest BCUT2D eigenvalue weighted by Crippen LogP contribution is 2.25. The highest BCUT2D eigenvalue weighted by atomic mass is 32.2. The van der Waals surface area contributed by atoms with Crippen LogP contribution >= 0.6 is 0 Å². The first-order chi connectivity index (χ1) is 9.94. The van der Waals surface area contributed by atoms with Crippen LogP contribution in [0.3, 0.4) is 0 Å². The second-order valence-electron chi connectivity index (χ2n) is 4.81. The van der Waals surface area contributed by atoms with E-state index in [-0.39, 0.29) is 29.4 Å². The highest BCUT2D eigenvalue weighted by Gasteiger charge is 2.23. The van der Waals surface area contributed by atoms with E-state index in [1.807, 2.05) is 4.90 Å². The van der Waals surface area contributed by atoms with Crippen molar-refractivity contribution >= 4 is 27.3 Å². The molecule has 8 heteroatoms. The van der Waals surface area contributed by atoms with Gasteiger partial charge < -0.3 is 15.4 Å². The number of hydrogen-bond donors (Lipinski definition) is 1. The molecule has 1 aromatic rings. The summed E-state index contributed by atoms with van der Waals surface area (Å²) in [5, 5.41) is 0. The van der Waals surface area contributed by atoms with E-state index < -0.39 is 15.8 Å². The van der Waals surface area contributed by atoms with Crippen molar-refractivity contribution in [2.75, 3.05) is 41.8 Å². The maximum atomic E-state index is 11.8. The molecule has 0 saturated carbocycles. The lowest BCUT2D eigenvalue weighted by Crippen LogP contribution is -2.29. The van der Waals surface area contributed by atoms with Gasteiger partial charge in [-0.25, -0.2) is 18.2 Å². The molecule has 0 amide bonds. The SMILES string of the molecule is CCOC(=O)c1ccnc(N2CCCS(=O)(=O)CC2)c1N. The number of hydrogen-bond acceptors (Lipinski definition) is 7. The minimum Gasteiger partial charge on any atom is -0.462 e. The molecule has 2 rings (SSSR count). The minimum atomic E-state index is -3.01. The fraction of sp³-hybridized carbons (Fsp3) is 0.538. The molecular formula is C13H19N3O4S. The molecule has 0 spiro atoms. The van der Waals surface area contributed by atoms with Gasteiger partial charge in [0.1, 0.15) is 0 Å². The topological polar surface area (TPSA) is 103 Å². The Labute approximate surface area is 124 Å². The summed E-state index contributed by atoms with van der Waals surface area (Å²) in [5.41, 5.74) is 6.50. The number of ether oxygens (including phenoxy) is 1. The number of esters is 1. The summed E-state index contributed by atoms with van der Waals surface area (Å²) < 4.78 is 28.2. The molecule has 21 heavy (non-hydrogen) atoms. The summed E-state index contributed by atoms with van der Waals surface area (Å²) in [7, 11) is -3.01. The summed E-state index contributed by atoms with van der Waals surface area (Å²) in [6.45, 7) is 2.85. The van der Waals surface area contributed by atoms with Crippen molar-refractivity contribution in [3.05, 3.63) is 17.8 Å². The smallest absolute Gasteiger partial charge is 0.340 e. The Hall–Kier alpha value is -1.83. The van der Waals surface area contributed by atoms with Crippen LogP contribution in [0.1, 0.15) is 23.7 Å². The summed E-state index contributed by atoms with van der Waals surface area (Å²) >= 11 is 0. The van der Waals surface area contributed by atoms with Gasteiger partial charge in [0.25, 0.3) is 0 Å². The third-order valence-electron chi connectivity index (χ3n) is 3.32. The Morgan fingerprint density at radius 3 is 2.90 bits per heavy atom. The number of carbonyl (C=O) groups excluding carboxylic acids is 1. The fourth-order valence-corrected chi connectivity index (χ4v) is 3.52. The van der Waals surface area contributed by atoms with E-state index in [2.05, 4.69) is 4.98 Å². The quantitative estimate of drug-likeness (QED) is 0.809. The maximum absolute atomic E-state index is 11.8. The lowest BCUT2D eigenvalue weighted by molar-refractivity contribution is 0.0527. The number of anilines is 2. The molecule has 1 fully saturated rings. The Morgan fingerprint density at radius 2 is 2.19 bits per heavy atom. The largest absolute Gasteiger partial charge is 0.462 e. The van der Waals surface area contributed by atoms with Crippen LogP contribution in [0.4, 0.5) is 11.5 Å². The molecule has 1 aliphatic rings. The van der Waals surface area contributed by atoms with Gasteiger partial charge in [0.15, 0.2) is 15.7 Å². The number of rotatable bonds is 3. The van der Waals surface area contributed by atoms with Gasteiger partial charge in [-0.05, 0) is 19.4 Å². The summed E-state index contributed by atoms with van der Waals surface area (Å²) in [6, 6.07) is 1.51. The van der Waals surface area contributed by atoms with Crippen LogP contribution in [0.15, 0.2) is 12.3 Å². The van der Waals surface area contributed by atoms with Crippen LogP contribution < -0.4 is 10.6 Å². The molecule has 0 atom stereocenters. The number of nitrogens with zero attached hydrogens (tertiary/aromatic N) is 2. The van der Waals surface area contributed by atoms with Gasteiger partial charge in [0.05, 0.1) is 29.4 Å². The molecule has 0 aromatic carbocycles. The van der Waals surface area contributed by atoms with Gasteiger partial charge in [-0.3, -0.25) is 0 Å². The normalized spacial score (nSPS) is 18.0. The predicted molar refractivity (Wildman–Crippen MR) is 80.1 cm³/mol. The molecule has 0 unspecified atom stereocenters. The van der Waals surface area contributed by atoms with Gasteiger partial charge >= 0.3 is 5.97 Å². The van der Waals surface area contributed by atoms with Crippen LogP contribution in [0.2, 0.25) is 0 Å². The van der Waals surface area contributed by atoms with Crippen LogP contribution in [0.25, 0.3) is 0 Å². The van der Waals surface area contributed by atoms with Crippen molar-refractivity contribution < 1.29 is 17.9 Å². The molecular weight excluding hydrogens is 294 g/mol. The number of aromatic nitrogens is 1. The monoisotopic (exact) mass is 313 g/mol. The van der Waals surface area contributed by atoms with Gasteiger partial charge in [-0.1, -0.05) is 0 Å². The summed E-state index contributed by atoms with van der Waals surface area (Å²) in [5.74, 6) is 0.178. The van der Waals surface area contributed by atoms with E-state index in [4.69, 9.17) is 10.5 Å². The first kappa shape index (κ1) is 15.6. The van der Waals surface area contributed by atoms with Gasteiger partial charge in [0.2, 0.25) is 0 Å². The minimum absolute atomic E-state index is 0.0672. The van der Waals surface area contributed by atoms with E-state index in [0.717, 1.165) is 0 Å². The third-order valence-corrected chi connectivity index (χ3v) is 5.03. The number of nitrogen functional groups attached to an aromatic ring is 1. The molecule has 1 saturated heterocycles. The molecule has 1 aliphatic heterocycles. The number of sulfone groups is 1. The molecule has 7 nitrogen and oxygen atoms in total. The van der Waals surface area contributed by atoms with E-state index in [1.165, 1.54) is 12.3 Å². The van der Waals surface area contributed by atoms with E-state index in [9.17, 15) is 13.2 Å². The lowest BCUT2D eigenvalue weighted by atomic mass is 10.2. The summed E-state index contributed by atoms with van der Waals surface area (Å²) in [4.78, 5) is 17.8. The van der Waals surface area contributed by atoms with E-state index in [0.29, 0.717) is 25.3 Å². The van der Waals surface area contributed by atoms with Crippen molar-refractivity contribution in [2.45, 2.75) is 13.3 Å². The Balaban J connectivity index is 2.28. The molecule has 0 bridgehead atoms. The summed E-state index contributed by atoms with van der Waals surface area (Å²) in [6.07, 6.45) is 2.00. The van der Waals surface area contributed by atoms with Crippen LogP contribution in [0.5, 0.6) is 0 Å². The Bertz CT molecular complexity index is 630. The Morgan fingerprint density at radius 1 is 1.43 bits per heavy atom. The second kappa shape index (κ2) is 6.30. The fourth-order valence-electron chi connectivity index (χ4n) is 2.25. The first-order valence-electron chi connectivity index (χ1n) is 6.81. The highest BCUT2D eigenvalue weighted by molar-refractivity contribution is 7.91.